The van der Waals surface area contributed by atoms with Gasteiger partial charge >= 0.3 is 6.03 Å². The molecule has 0 spiro atoms. The Kier molecular flexibility index (Phi) is 4.41. The number of carbonyl (C=O) groups is 1. The van der Waals surface area contributed by atoms with Crippen LogP contribution in [0.3, 0.4) is 0 Å². The van der Waals surface area contributed by atoms with Crippen molar-refractivity contribution < 1.29 is 4.79 Å². The molecule has 0 aliphatic carbocycles. The van der Waals surface area contributed by atoms with E-state index in [9.17, 15) is 4.79 Å². The van der Waals surface area contributed by atoms with E-state index < -0.39 is 0 Å². The van der Waals surface area contributed by atoms with Crippen molar-refractivity contribution in [2.24, 2.45) is 0 Å². The predicted octanol–water partition coefficient (Wildman–Crippen LogP) is 1.56. The fraction of sp³-hybridized carbons (Fsp3) is 0.333. The third-order valence-electron chi connectivity index (χ3n) is 3.37. The number of rotatable bonds is 4. The van der Waals surface area contributed by atoms with Gasteiger partial charge in [0.2, 0.25) is 0 Å². The fourth-order valence-corrected chi connectivity index (χ4v) is 2.18. The summed E-state index contributed by atoms with van der Waals surface area (Å²) in [6.07, 6.45) is 6.38. The molecule has 0 unspecified atom stereocenters. The zero-order valence-corrected chi connectivity index (χ0v) is 12.6. The molecule has 1 aromatic heterocycles. The number of urea groups is 1. The standard InChI is InChI=1S/C15H18N6O/c1-4-19-8-9-20(15(19)22)13-7-5-6-12(18-13)14(17)21(10-16)11(2)3/h1,5-7,10-11,16-17H,8-9H2,2-3H3. The number of amidine groups is 1. The van der Waals surface area contributed by atoms with Crippen LogP contribution in [-0.4, -0.2) is 52.1 Å². The minimum absolute atomic E-state index is 0.0270. The summed E-state index contributed by atoms with van der Waals surface area (Å²) < 4.78 is 0. The van der Waals surface area contributed by atoms with Crippen molar-refractivity contribution in [2.45, 2.75) is 19.9 Å². The van der Waals surface area contributed by atoms with Gasteiger partial charge in [-0.1, -0.05) is 12.5 Å². The van der Waals surface area contributed by atoms with E-state index in [4.69, 9.17) is 17.2 Å². The van der Waals surface area contributed by atoms with Crippen molar-refractivity contribution in [1.29, 1.82) is 10.8 Å². The molecule has 114 valence electrons. The number of terminal acetylenes is 1. The van der Waals surface area contributed by atoms with Gasteiger partial charge in [0.05, 0.1) is 12.9 Å². The van der Waals surface area contributed by atoms with Crippen molar-refractivity contribution in [1.82, 2.24) is 14.8 Å². The number of hydrogen-bond acceptors (Lipinski definition) is 4. The van der Waals surface area contributed by atoms with E-state index in [1.165, 1.54) is 14.7 Å². The molecule has 0 saturated carbocycles. The Morgan fingerprint density at radius 3 is 2.77 bits per heavy atom. The van der Waals surface area contributed by atoms with E-state index in [2.05, 4.69) is 11.0 Å². The first-order chi connectivity index (χ1) is 10.5. The highest BCUT2D eigenvalue weighted by Gasteiger charge is 2.29. The summed E-state index contributed by atoms with van der Waals surface area (Å²) in [7, 11) is 0. The highest BCUT2D eigenvalue weighted by Crippen LogP contribution is 2.18. The highest BCUT2D eigenvalue weighted by atomic mass is 16.2. The van der Waals surface area contributed by atoms with Gasteiger partial charge in [-0.15, -0.1) is 0 Å². The van der Waals surface area contributed by atoms with E-state index in [0.717, 1.165) is 6.34 Å². The number of anilines is 1. The molecule has 7 nitrogen and oxygen atoms in total. The van der Waals surface area contributed by atoms with Crippen molar-refractivity contribution in [2.75, 3.05) is 18.0 Å². The largest absolute Gasteiger partial charge is 0.337 e. The van der Waals surface area contributed by atoms with Crippen molar-refractivity contribution in [3.05, 3.63) is 23.9 Å². The van der Waals surface area contributed by atoms with Gasteiger partial charge in [0, 0.05) is 18.6 Å². The number of pyridine rings is 1. The highest BCUT2D eigenvalue weighted by molar-refractivity contribution is 6.01. The Morgan fingerprint density at radius 2 is 2.23 bits per heavy atom. The zero-order valence-electron chi connectivity index (χ0n) is 12.6. The quantitative estimate of drug-likeness (QED) is 0.502. The number of hydrogen-bond donors (Lipinski definition) is 2. The zero-order chi connectivity index (χ0) is 16.3. The van der Waals surface area contributed by atoms with E-state index in [0.29, 0.717) is 24.6 Å². The lowest BCUT2D eigenvalue weighted by Gasteiger charge is -2.24. The van der Waals surface area contributed by atoms with Gasteiger partial charge in [-0.2, -0.15) is 0 Å². The molecule has 22 heavy (non-hydrogen) atoms. The summed E-state index contributed by atoms with van der Waals surface area (Å²) in [5.74, 6) is 0.575. The maximum atomic E-state index is 12.1. The first-order valence-corrected chi connectivity index (χ1v) is 6.89. The lowest BCUT2D eigenvalue weighted by molar-refractivity contribution is 0.236. The first-order valence-electron chi connectivity index (χ1n) is 6.89. The van der Waals surface area contributed by atoms with Crippen LogP contribution < -0.4 is 4.90 Å². The van der Waals surface area contributed by atoms with Crippen LogP contribution in [0.2, 0.25) is 0 Å². The second-order valence-corrected chi connectivity index (χ2v) is 5.07. The van der Waals surface area contributed by atoms with Gasteiger partial charge in [0.25, 0.3) is 0 Å². The summed E-state index contributed by atoms with van der Waals surface area (Å²) in [6.45, 7) is 4.69. The number of nitrogens with one attached hydrogen (secondary N) is 2. The van der Waals surface area contributed by atoms with Crippen LogP contribution in [0.5, 0.6) is 0 Å². The Balaban J connectivity index is 2.28. The smallest absolute Gasteiger partial charge is 0.314 e. The van der Waals surface area contributed by atoms with Crippen LogP contribution in [0, 0.1) is 23.3 Å². The minimum Gasteiger partial charge on any atom is -0.314 e. The van der Waals surface area contributed by atoms with Gasteiger partial charge in [0.1, 0.15) is 11.5 Å². The van der Waals surface area contributed by atoms with Gasteiger partial charge < -0.3 is 4.90 Å². The molecule has 1 saturated heterocycles. The number of amides is 2. The number of nitrogens with zero attached hydrogens (tertiary/aromatic N) is 4. The van der Waals surface area contributed by atoms with Crippen LogP contribution in [0.15, 0.2) is 18.2 Å². The average molecular weight is 298 g/mol. The summed E-state index contributed by atoms with van der Waals surface area (Å²) in [5, 5.41) is 15.6. The molecule has 1 aliphatic heterocycles. The molecule has 0 atom stereocenters. The lowest BCUT2D eigenvalue weighted by Crippen LogP contribution is -2.36. The molecule has 2 heterocycles. The van der Waals surface area contributed by atoms with Gasteiger partial charge in [-0.3, -0.25) is 20.6 Å². The van der Waals surface area contributed by atoms with E-state index in [1.807, 2.05) is 13.8 Å². The van der Waals surface area contributed by atoms with Crippen molar-refractivity contribution >= 4 is 24.0 Å². The normalized spacial score (nSPS) is 14.2. The lowest BCUT2D eigenvalue weighted by atomic mass is 10.2. The van der Waals surface area contributed by atoms with E-state index in [-0.39, 0.29) is 17.9 Å². The molecule has 7 heteroatoms. The van der Waals surface area contributed by atoms with E-state index in [1.54, 1.807) is 18.2 Å². The average Bonchev–Trinajstić information content (AvgIpc) is 2.88. The third kappa shape index (κ3) is 2.76. The Morgan fingerprint density at radius 1 is 1.50 bits per heavy atom. The van der Waals surface area contributed by atoms with Crippen molar-refractivity contribution in [3.63, 3.8) is 0 Å². The number of aromatic nitrogens is 1. The molecule has 1 fully saturated rings. The van der Waals surface area contributed by atoms with Crippen LogP contribution in [0.4, 0.5) is 10.6 Å². The van der Waals surface area contributed by atoms with Crippen LogP contribution in [-0.2, 0) is 0 Å². The Hall–Kier alpha value is -2.88. The molecule has 2 amide bonds. The maximum absolute atomic E-state index is 12.1. The van der Waals surface area contributed by atoms with Crippen molar-refractivity contribution in [3.8, 4) is 12.5 Å². The van der Waals surface area contributed by atoms with Crippen LogP contribution in [0.1, 0.15) is 19.5 Å². The molecule has 1 aromatic rings. The van der Waals surface area contributed by atoms with Crippen LogP contribution in [0.25, 0.3) is 0 Å². The molecular formula is C15H18N6O. The van der Waals surface area contributed by atoms with Crippen LogP contribution >= 0.6 is 0 Å². The summed E-state index contributed by atoms with van der Waals surface area (Å²) in [5.41, 5.74) is 0.404. The fourth-order valence-electron chi connectivity index (χ4n) is 2.18. The van der Waals surface area contributed by atoms with Gasteiger partial charge in [-0.25, -0.2) is 9.78 Å². The SMILES string of the molecule is C#CN1CCN(c2cccc(C(=N)N(C=N)C(C)C)n2)C1=O. The molecule has 2 rings (SSSR count). The topological polar surface area (TPSA) is 87.4 Å². The summed E-state index contributed by atoms with van der Waals surface area (Å²) in [4.78, 5) is 20.7. The second-order valence-electron chi connectivity index (χ2n) is 5.07. The summed E-state index contributed by atoms with van der Waals surface area (Å²) in [6, 6.07) is 7.14. The molecular weight excluding hydrogens is 280 g/mol. The third-order valence-corrected chi connectivity index (χ3v) is 3.37. The predicted molar refractivity (Wildman–Crippen MR) is 85.1 cm³/mol. The second kappa shape index (κ2) is 6.26. The molecule has 0 bridgehead atoms. The summed E-state index contributed by atoms with van der Waals surface area (Å²) >= 11 is 0. The van der Waals surface area contributed by atoms with Gasteiger partial charge in [-0.05, 0) is 26.0 Å². The maximum Gasteiger partial charge on any atom is 0.337 e. The van der Waals surface area contributed by atoms with Gasteiger partial charge in [0.15, 0.2) is 5.84 Å². The minimum atomic E-state index is -0.286. The number of carbonyl (C=O) groups excluding carboxylic acids is 1. The Bertz CT molecular complexity index is 648. The molecule has 0 radical (unpaired) electrons. The Labute approximate surface area is 129 Å². The van der Waals surface area contributed by atoms with E-state index >= 15 is 0 Å². The molecule has 2 N–H and O–H groups in total. The molecule has 0 aromatic carbocycles. The first kappa shape index (κ1) is 15.5. The molecule has 1 aliphatic rings. The monoisotopic (exact) mass is 298 g/mol.